The van der Waals surface area contributed by atoms with Gasteiger partial charge in [0.25, 0.3) is 0 Å². The van der Waals surface area contributed by atoms with Crippen molar-refractivity contribution in [2.45, 2.75) is 44.3 Å². The molecule has 6 nitrogen and oxygen atoms in total. The maximum atomic E-state index is 13.3. The average Bonchev–Trinajstić information content (AvgIpc) is 2.60. The molecule has 0 aromatic heterocycles. The monoisotopic (exact) mass is 406 g/mol. The zero-order chi connectivity index (χ0) is 20.8. The first-order valence-electron chi connectivity index (χ1n) is 8.91. The van der Waals surface area contributed by atoms with E-state index in [0.29, 0.717) is 18.1 Å². The molecule has 0 fully saturated rings. The summed E-state index contributed by atoms with van der Waals surface area (Å²) in [6.45, 7) is 6.05. The van der Waals surface area contributed by atoms with Crippen LogP contribution in [0.5, 0.6) is 0 Å². The lowest BCUT2D eigenvalue weighted by Gasteiger charge is -2.22. The summed E-state index contributed by atoms with van der Waals surface area (Å²) in [7, 11) is -2.04. The molecule has 2 aromatic rings. The molecule has 28 heavy (non-hydrogen) atoms. The zero-order valence-electron chi connectivity index (χ0n) is 16.6. The molecular weight excluding hydrogens is 379 g/mol. The third-order valence-electron chi connectivity index (χ3n) is 3.72. The number of hydrogen-bond donors (Lipinski definition) is 3. The van der Waals surface area contributed by atoms with Crippen molar-refractivity contribution < 1.29 is 12.8 Å². The van der Waals surface area contributed by atoms with Crippen LogP contribution in [0.25, 0.3) is 0 Å². The van der Waals surface area contributed by atoms with E-state index >= 15 is 0 Å². The summed E-state index contributed by atoms with van der Waals surface area (Å²) in [6.07, 6.45) is 0. The Kier molecular flexibility index (Phi) is 7.15. The van der Waals surface area contributed by atoms with Gasteiger partial charge in [0.2, 0.25) is 10.0 Å². The average molecular weight is 407 g/mol. The van der Waals surface area contributed by atoms with Gasteiger partial charge in [0.05, 0.1) is 4.90 Å². The molecule has 2 aromatic carbocycles. The molecule has 0 aliphatic carbocycles. The van der Waals surface area contributed by atoms with Crippen LogP contribution in [0.3, 0.4) is 0 Å². The van der Waals surface area contributed by atoms with Crippen molar-refractivity contribution in [1.82, 2.24) is 15.4 Å². The quantitative estimate of drug-likeness (QED) is 0.509. The number of nitrogens with one attached hydrogen (secondary N) is 3. The van der Waals surface area contributed by atoms with Crippen LogP contribution in [0.2, 0.25) is 0 Å². The van der Waals surface area contributed by atoms with Crippen molar-refractivity contribution >= 4 is 16.0 Å². The van der Waals surface area contributed by atoms with E-state index in [1.54, 1.807) is 58.2 Å². The second-order valence-corrected chi connectivity index (χ2v) is 9.02. The third kappa shape index (κ3) is 6.61. The molecule has 0 saturated heterocycles. The Morgan fingerprint density at radius 2 is 1.71 bits per heavy atom. The Morgan fingerprint density at radius 3 is 2.36 bits per heavy atom. The predicted octanol–water partition coefficient (Wildman–Crippen LogP) is 2.77. The summed E-state index contributed by atoms with van der Waals surface area (Å²) in [6, 6.07) is 13.1. The Morgan fingerprint density at radius 1 is 1.04 bits per heavy atom. The fourth-order valence-corrected chi connectivity index (χ4v) is 4.26. The van der Waals surface area contributed by atoms with Crippen LogP contribution in [0.4, 0.5) is 4.39 Å². The van der Waals surface area contributed by atoms with Gasteiger partial charge in [0, 0.05) is 25.7 Å². The van der Waals surface area contributed by atoms with Crippen LogP contribution < -0.4 is 15.4 Å². The number of aliphatic imine (C=N–C) groups is 1. The fourth-order valence-electron chi connectivity index (χ4n) is 2.60. The highest BCUT2D eigenvalue weighted by Gasteiger charge is 2.24. The van der Waals surface area contributed by atoms with Crippen molar-refractivity contribution in [3.05, 3.63) is 65.5 Å². The molecule has 0 aliphatic rings. The normalized spacial score (nSPS) is 12.7. The van der Waals surface area contributed by atoms with Crippen molar-refractivity contribution in [3.8, 4) is 0 Å². The fraction of sp³-hybridized carbons (Fsp3) is 0.350. The van der Waals surface area contributed by atoms with Crippen LogP contribution in [0.1, 0.15) is 31.9 Å². The molecule has 0 radical (unpaired) electrons. The van der Waals surface area contributed by atoms with Gasteiger partial charge in [-0.1, -0.05) is 30.3 Å². The summed E-state index contributed by atoms with van der Waals surface area (Å²) >= 11 is 0. The number of sulfonamides is 1. The van der Waals surface area contributed by atoms with Gasteiger partial charge in [-0.05, 0) is 50.1 Å². The summed E-state index contributed by atoms with van der Waals surface area (Å²) in [4.78, 5) is 4.35. The molecule has 0 aliphatic heterocycles. The van der Waals surface area contributed by atoms with E-state index < -0.39 is 15.6 Å². The molecule has 0 bridgehead atoms. The van der Waals surface area contributed by atoms with Gasteiger partial charge in [0.15, 0.2) is 5.96 Å². The number of halogens is 1. The lowest BCUT2D eigenvalue weighted by atomic mass is 10.1. The smallest absolute Gasteiger partial charge is 0.241 e. The minimum absolute atomic E-state index is 0.220. The maximum Gasteiger partial charge on any atom is 0.241 e. The van der Waals surface area contributed by atoms with Gasteiger partial charge in [0.1, 0.15) is 5.82 Å². The molecular formula is C20H27FN4O2S. The summed E-state index contributed by atoms with van der Waals surface area (Å²) < 4.78 is 41.4. The standard InChI is InChI=1S/C20H27FN4O2S/c1-20(2,3)25-28(26,27)18-11-6-5-9-16(18)14-24-19(22-4)23-13-15-8-7-10-17(21)12-15/h5-12,25H,13-14H2,1-4H3,(H2,22,23,24). The minimum atomic E-state index is -3.66. The van der Waals surface area contributed by atoms with E-state index in [-0.39, 0.29) is 17.3 Å². The minimum Gasteiger partial charge on any atom is -0.352 e. The number of hydrogen-bond acceptors (Lipinski definition) is 3. The summed E-state index contributed by atoms with van der Waals surface area (Å²) in [5, 5.41) is 6.19. The first-order valence-corrected chi connectivity index (χ1v) is 10.4. The highest BCUT2D eigenvalue weighted by molar-refractivity contribution is 7.89. The summed E-state index contributed by atoms with van der Waals surface area (Å²) in [5.74, 6) is 0.188. The molecule has 0 heterocycles. The molecule has 3 N–H and O–H groups in total. The van der Waals surface area contributed by atoms with Gasteiger partial charge in [-0.15, -0.1) is 0 Å². The van der Waals surface area contributed by atoms with Crippen molar-refractivity contribution in [2.75, 3.05) is 7.05 Å². The van der Waals surface area contributed by atoms with Crippen molar-refractivity contribution in [1.29, 1.82) is 0 Å². The van der Waals surface area contributed by atoms with E-state index in [4.69, 9.17) is 0 Å². The third-order valence-corrected chi connectivity index (χ3v) is 5.58. The molecule has 0 unspecified atom stereocenters. The number of nitrogens with zero attached hydrogens (tertiary/aromatic N) is 1. The molecule has 0 saturated carbocycles. The molecule has 2 rings (SSSR count). The first kappa shape index (κ1) is 21.8. The molecule has 152 valence electrons. The second-order valence-electron chi connectivity index (χ2n) is 7.37. The van der Waals surface area contributed by atoms with E-state index in [0.717, 1.165) is 5.56 Å². The van der Waals surface area contributed by atoms with Crippen molar-refractivity contribution in [2.24, 2.45) is 4.99 Å². The number of guanidine groups is 1. The van der Waals surface area contributed by atoms with Gasteiger partial charge in [-0.25, -0.2) is 17.5 Å². The second kappa shape index (κ2) is 9.16. The van der Waals surface area contributed by atoms with Crippen LogP contribution in [0.15, 0.2) is 58.4 Å². The predicted molar refractivity (Wildman–Crippen MR) is 110 cm³/mol. The van der Waals surface area contributed by atoms with Crippen LogP contribution in [-0.2, 0) is 23.1 Å². The van der Waals surface area contributed by atoms with E-state index in [1.807, 2.05) is 6.07 Å². The number of rotatable bonds is 6. The Bertz CT molecular complexity index is 937. The number of benzene rings is 2. The molecule has 0 spiro atoms. The largest absolute Gasteiger partial charge is 0.352 e. The van der Waals surface area contributed by atoms with E-state index in [9.17, 15) is 12.8 Å². The molecule has 0 amide bonds. The highest BCUT2D eigenvalue weighted by atomic mass is 32.2. The van der Waals surface area contributed by atoms with E-state index in [2.05, 4.69) is 20.3 Å². The van der Waals surface area contributed by atoms with Gasteiger partial charge >= 0.3 is 0 Å². The van der Waals surface area contributed by atoms with Gasteiger partial charge in [-0.2, -0.15) is 0 Å². The lowest BCUT2D eigenvalue weighted by molar-refractivity contribution is 0.491. The Balaban J connectivity index is 2.07. The van der Waals surface area contributed by atoms with E-state index in [1.165, 1.54) is 12.1 Å². The molecule has 8 heteroatoms. The van der Waals surface area contributed by atoms with Gasteiger partial charge in [-0.3, -0.25) is 4.99 Å². The maximum absolute atomic E-state index is 13.3. The van der Waals surface area contributed by atoms with Crippen LogP contribution >= 0.6 is 0 Å². The zero-order valence-corrected chi connectivity index (χ0v) is 17.4. The van der Waals surface area contributed by atoms with Crippen molar-refractivity contribution in [3.63, 3.8) is 0 Å². The first-order chi connectivity index (χ1) is 13.1. The lowest BCUT2D eigenvalue weighted by Crippen LogP contribution is -2.41. The molecule has 0 atom stereocenters. The highest BCUT2D eigenvalue weighted by Crippen LogP contribution is 2.17. The van der Waals surface area contributed by atoms with Gasteiger partial charge < -0.3 is 10.6 Å². The Hall–Kier alpha value is -2.45. The Labute approximate surface area is 166 Å². The van der Waals surface area contributed by atoms with Crippen LogP contribution in [0, 0.1) is 5.82 Å². The van der Waals surface area contributed by atoms with Crippen LogP contribution in [-0.4, -0.2) is 27.0 Å². The summed E-state index contributed by atoms with van der Waals surface area (Å²) in [5.41, 5.74) is 0.815. The topological polar surface area (TPSA) is 82.6 Å². The SMILES string of the molecule is CN=C(NCc1cccc(F)c1)NCc1ccccc1S(=O)(=O)NC(C)(C)C.